The molecule has 1 aromatic carbocycles. The topological polar surface area (TPSA) is 78.5 Å². The molecular formula is C18H23N3O3. The van der Waals surface area contributed by atoms with Crippen LogP contribution in [-0.2, 0) is 9.59 Å². The van der Waals surface area contributed by atoms with Crippen molar-refractivity contribution < 1.29 is 14.4 Å². The van der Waals surface area contributed by atoms with Crippen LogP contribution in [0.1, 0.15) is 41.6 Å². The van der Waals surface area contributed by atoms with E-state index in [9.17, 15) is 14.4 Å². The minimum absolute atomic E-state index is 0.00399. The molecule has 128 valence electrons. The Morgan fingerprint density at radius 3 is 2.58 bits per heavy atom. The van der Waals surface area contributed by atoms with Crippen LogP contribution in [0.15, 0.2) is 24.3 Å². The van der Waals surface area contributed by atoms with E-state index in [1.807, 2.05) is 31.2 Å². The zero-order chi connectivity index (χ0) is 17.1. The number of hydrogen-bond acceptors (Lipinski definition) is 3. The number of nitrogens with one attached hydrogen (secondary N) is 2. The second-order valence-electron chi connectivity index (χ2n) is 6.60. The number of piperidine rings is 1. The van der Waals surface area contributed by atoms with E-state index in [-0.39, 0.29) is 29.8 Å². The van der Waals surface area contributed by atoms with Crippen molar-refractivity contribution >= 4 is 17.7 Å². The van der Waals surface area contributed by atoms with Crippen LogP contribution in [0.2, 0.25) is 0 Å². The Kier molecular flexibility index (Phi) is 4.83. The van der Waals surface area contributed by atoms with Crippen LogP contribution in [0, 0.1) is 6.92 Å². The average Bonchev–Trinajstić information content (AvgIpc) is 3.01. The number of carbonyl (C=O) groups excluding carboxylic acids is 3. The molecule has 1 unspecified atom stereocenters. The summed E-state index contributed by atoms with van der Waals surface area (Å²) in [4.78, 5) is 37.7. The number of hydrogen-bond donors (Lipinski definition) is 2. The molecule has 3 amide bonds. The van der Waals surface area contributed by atoms with Gasteiger partial charge in [0.05, 0.1) is 0 Å². The lowest BCUT2D eigenvalue weighted by Crippen LogP contribution is -2.51. The van der Waals surface area contributed by atoms with Gasteiger partial charge in [0.25, 0.3) is 5.91 Å². The van der Waals surface area contributed by atoms with E-state index in [0.717, 1.165) is 18.4 Å². The zero-order valence-corrected chi connectivity index (χ0v) is 13.9. The van der Waals surface area contributed by atoms with Crippen LogP contribution in [0.3, 0.4) is 0 Å². The predicted octanol–water partition coefficient (Wildman–Crippen LogP) is 0.994. The van der Waals surface area contributed by atoms with E-state index in [1.54, 1.807) is 4.90 Å². The first-order valence-electron chi connectivity index (χ1n) is 8.48. The maximum absolute atomic E-state index is 12.4. The number of amides is 3. The van der Waals surface area contributed by atoms with Crippen LogP contribution in [0.5, 0.6) is 0 Å². The summed E-state index contributed by atoms with van der Waals surface area (Å²) in [5.41, 5.74) is 1.73. The standard InChI is InChI=1S/C18H23N3O3/c1-12-3-2-4-13(11-12)17(23)19-14-7-9-21(10-8-14)18(24)15-5-6-16(22)20-15/h2-4,11,14-15H,5-10H2,1H3,(H,19,23)(H,20,22). The molecule has 2 aliphatic heterocycles. The number of nitrogens with zero attached hydrogens (tertiary/aromatic N) is 1. The Hall–Kier alpha value is -2.37. The van der Waals surface area contributed by atoms with Crippen molar-refractivity contribution in [2.75, 3.05) is 13.1 Å². The molecule has 0 aliphatic carbocycles. The molecular weight excluding hydrogens is 306 g/mol. The van der Waals surface area contributed by atoms with E-state index < -0.39 is 0 Å². The largest absolute Gasteiger partial charge is 0.349 e. The van der Waals surface area contributed by atoms with Crippen molar-refractivity contribution in [1.29, 1.82) is 0 Å². The van der Waals surface area contributed by atoms with Gasteiger partial charge in [-0.15, -0.1) is 0 Å². The highest BCUT2D eigenvalue weighted by Crippen LogP contribution is 2.16. The molecule has 0 bridgehead atoms. The first-order valence-corrected chi connectivity index (χ1v) is 8.48. The molecule has 2 saturated heterocycles. The first kappa shape index (κ1) is 16.5. The lowest BCUT2D eigenvalue weighted by molar-refractivity contribution is -0.135. The highest BCUT2D eigenvalue weighted by Gasteiger charge is 2.32. The minimum Gasteiger partial charge on any atom is -0.349 e. The molecule has 0 aromatic heterocycles. The van der Waals surface area contributed by atoms with Gasteiger partial charge in [-0.1, -0.05) is 17.7 Å². The summed E-state index contributed by atoms with van der Waals surface area (Å²) in [7, 11) is 0. The van der Waals surface area contributed by atoms with E-state index in [2.05, 4.69) is 10.6 Å². The molecule has 1 aromatic rings. The highest BCUT2D eigenvalue weighted by atomic mass is 16.2. The SMILES string of the molecule is Cc1cccc(C(=O)NC2CCN(C(=O)C3CCC(=O)N3)CC2)c1. The van der Waals surface area contributed by atoms with Crippen molar-refractivity contribution in [3.05, 3.63) is 35.4 Å². The lowest BCUT2D eigenvalue weighted by atomic mass is 10.0. The summed E-state index contributed by atoms with van der Waals surface area (Å²) in [6, 6.07) is 7.24. The Bertz CT molecular complexity index is 651. The van der Waals surface area contributed by atoms with Gasteiger partial charge in [-0.3, -0.25) is 14.4 Å². The number of benzene rings is 1. The Balaban J connectivity index is 1.49. The van der Waals surface area contributed by atoms with E-state index in [0.29, 0.717) is 31.5 Å². The maximum Gasteiger partial charge on any atom is 0.251 e. The minimum atomic E-state index is -0.365. The fourth-order valence-corrected chi connectivity index (χ4v) is 3.32. The normalized spacial score (nSPS) is 21.5. The Morgan fingerprint density at radius 1 is 1.21 bits per heavy atom. The fraction of sp³-hybridized carbons (Fsp3) is 0.500. The molecule has 2 fully saturated rings. The third-order valence-corrected chi connectivity index (χ3v) is 4.72. The quantitative estimate of drug-likeness (QED) is 0.868. The first-order chi connectivity index (χ1) is 11.5. The van der Waals surface area contributed by atoms with Crippen molar-refractivity contribution in [1.82, 2.24) is 15.5 Å². The Morgan fingerprint density at radius 2 is 1.96 bits per heavy atom. The molecule has 3 rings (SSSR count). The van der Waals surface area contributed by atoms with Gasteiger partial charge in [0, 0.05) is 31.1 Å². The summed E-state index contributed by atoms with van der Waals surface area (Å²) in [6.07, 6.45) is 2.50. The molecule has 0 spiro atoms. The Labute approximate surface area is 141 Å². The third kappa shape index (κ3) is 3.75. The summed E-state index contributed by atoms with van der Waals surface area (Å²) >= 11 is 0. The molecule has 2 heterocycles. The van der Waals surface area contributed by atoms with Crippen molar-refractivity contribution in [3.63, 3.8) is 0 Å². The molecule has 6 heteroatoms. The van der Waals surface area contributed by atoms with Gasteiger partial charge in [-0.25, -0.2) is 0 Å². The highest BCUT2D eigenvalue weighted by molar-refractivity contribution is 5.94. The van der Waals surface area contributed by atoms with Gasteiger partial charge in [-0.05, 0) is 38.3 Å². The van der Waals surface area contributed by atoms with Crippen LogP contribution >= 0.6 is 0 Å². The molecule has 0 saturated carbocycles. The predicted molar refractivity (Wildman–Crippen MR) is 89.4 cm³/mol. The number of aryl methyl sites for hydroxylation is 1. The van der Waals surface area contributed by atoms with Gasteiger partial charge >= 0.3 is 0 Å². The van der Waals surface area contributed by atoms with Gasteiger partial charge in [-0.2, -0.15) is 0 Å². The molecule has 24 heavy (non-hydrogen) atoms. The maximum atomic E-state index is 12.4. The zero-order valence-electron chi connectivity index (χ0n) is 13.9. The van der Waals surface area contributed by atoms with Crippen LogP contribution < -0.4 is 10.6 Å². The molecule has 6 nitrogen and oxygen atoms in total. The summed E-state index contributed by atoms with van der Waals surface area (Å²) < 4.78 is 0. The van der Waals surface area contributed by atoms with Gasteiger partial charge in [0.15, 0.2) is 0 Å². The van der Waals surface area contributed by atoms with Crippen molar-refractivity contribution in [2.24, 2.45) is 0 Å². The van der Waals surface area contributed by atoms with Crippen molar-refractivity contribution in [3.8, 4) is 0 Å². The van der Waals surface area contributed by atoms with Gasteiger partial charge in [0.1, 0.15) is 6.04 Å². The van der Waals surface area contributed by atoms with E-state index >= 15 is 0 Å². The third-order valence-electron chi connectivity index (χ3n) is 4.72. The van der Waals surface area contributed by atoms with E-state index in [1.165, 1.54) is 0 Å². The van der Waals surface area contributed by atoms with Crippen LogP contribution in [0.4, 0.5) is 0 Å². The lowest BCUT2D eigenvalue weighted by Gasteiger charge is -2.33. The second kappa shape index (κ2) is 7.03. The van der Waals surface area contributed by atoms with Crippen LogP contribution in [0.25, 0.3) is 0 Å². The molecule has 1 atom stereocenters. The molecule has 2 aliphatic rings. The average molecular weight is 329 g/mol. The summed E-state index contributed by atoms with van der Waals surface area (Å²) in [5.74, 6) is -0.107. The van der Waals surface area contributed by atoms with E-state index in [4.69, 9.17) is 0 Å². The smallest absolute Gasteiger partial charge is 0.251 e. The van der Waals surface area contributed by atoms with Crippen LogP contribution in [-0.4, -0.2) is 47.8 Å². The monoisotopic (exact) mass is 329 g/mol. The van der Waals surface area contributed by atoms with Gasteiger partial charge in [0.2, 0.25) is 11.8 Å². The summed E-state index contributed by atoms with van der Waals surface area (Å²) in [5, 5.41) is 5.77. The number of carbonyl (C=O) groups is 3. The molecule has 0 radical (unpaired) electrons. The summed E-state index contributed by atoms with van der Waals surface area (Å²) in [6.45, 7) is 3.19. The van der Waals surface area contributed by atoms with Gasteiger partial charge < -0.3 is 15.5 Å². The number of rotatable bonds is 3. The molecule has 2 N–H and O–H groups in total. The number of likely N-dealkylation sites (tertiary alicyclic amines) is 1. The fourth-order valence-electron chi connectivity index (χ4n) is 3.32. The second-order valence-corrected chi connectivity index (χ2v) is 6.60. The van der Waals surface area contributed by atoms with Crippen molar-refractivity contribution in [2.45, 2.75) is 44.7 Å².